The first-order chi connectivity index (χ1) is 15.4. The van der Waals surface area contributed by atoms with E-state index in [0.717, 1.165) is 29.0 Å². The molecule has 1 N–H and O–H groups in total. The summed E-state index contributed by atoms with van der Waals surface area (Å²) in [7, 11) is 0. The van der Waals surface area contributed by atoms with E-state index >= 15 is 0 Å². The number of rotatable bonds is 5. The Bertz CT molecular complexity index is 975. The molecule has 1 atom stereocenters. The first-order valence-electron chi connectivity index (χ1n) is 11.8. The first kappa shape index (κ1) is 23.1. The van der Waals surface area contributed by atoms with Gasteiger partial charge in [-0.25, -0.2) is 9.97 Å². The van der Waals surface area contributed by atoms with E-state index in [1.807, 2.05) is 0 Å². The van der Waals surface area contributed by atoms with E-state index in [0.29, 0.717) is 43.4 Å². The normalized spacial score (nSPS) is 23.3. The van der Waals surface area contributed by atoms with Gasteiger partial charge in [-0.3, -0.25) is 9.59 Å². The maximum atomic E-state index is 13.5. The molecule has 2 aromatic heterocycles. The number of hydrogen-bond acceptors (Lipinski definition) is 7. The third kappa shape index (κ3) is 4.81. The number of carbonyl (C=O) groups excluding carboxylic acids is 2. The summed E-state index contributed by atoms with van der Waals surface area (Å²) in [6.07, 6.45) is 5.40. The Balaban J connectivity index is 1.72. The molecule has 1 aliphatic carbocycles. The maximum absolute atomic E-state index is 13.5. The average Bonchev–Trinajstić information content (AvgIpc) is 3.19. The monoisotopic (exact) mass is 459 g/mol. The van der Waals surface area contributed by atoms with Crippen molar-refractivity contribution < 1.29 is 19.4 Å². The highest BCUT2D eigenvalue weighted by Crippen LogP contribution is 2.41. The number of esters is 1. The lowest BCUT2D eigenvalue weighted by Crippen LogP contribution is -2.44. The summed E-state index contributed by atoms with van der Waals surface area (Å²) in [6, 6.07) is 2.11. The number of aliphatic hydroxyl groups excluding tert-OH is 1. The zero-order valence-corrected chi connectivity index (χ0v) is 20.0. The molecule has 2 aromatic rings. The number of ether oxygens (including phenoxy) is 1. The van der Waals surface area contributed by atoms with Gasteiger partial charge in [0.05, 0.1) is 18.4 Å². The van der Waals surface area contributed by atoms with Gasteiger partial charge in [-0.1, -0.05) is 19.8 Å². The molecule has 174 valence electrons. The number of aliphatic hydroxyl groups is 1. The second-order valence-electron chi connectivity index (χ2n) is 9.22. The van der Waals surface area contributed by atoms with E-state index in [1.54, 1.807) is 30.1 Å². The van der Waals surface area contributed by atoms with Gasteiger partial charge in [-0.05, 0) is 57.4 Å². The van der Waals surface area contributed by atoms with Crippen LogP contribution < -0.4 is 0 Å². The highest BCUT2D eigenvalue weighted by atomic mass is 32.1. The number of piperidine rings is 1. The summed E-state index contributed by atoms with van der Waals surface area (Å²) in [5, 5.41) is 10.6. The predicted molar refractivity (Wildman–Crippen MR) is 124 cm³/mol. The molecule has 1 saturated heterocycles. The molecule has 4 rings (SSSR count). The topological polar surface area (TPSA) is 92.6 Å². The van der Waals surface area contributed by atoms with Crippen LogP contribution in [-0.2, 0) is 14.3 Å². The van der Waals surface area contributed by atoms with Crippen LogP contribution in [0.25, 0.3) is 10.2 Å². The summed E-state index contributed by atoms with van der Waals surface area (Å²) in [5.74, 6) is -0.153. The van der Waals surface area contributed by atoms with Gasteiger partial charge in [-0.15, -0.1) is 11.3 Å². The summed E-state index contributed by atoms with van der Waals surface area (Å²) >= 11 is 1.66. The van der Waals surface area contributed by atoms with E-state index < -0.39 is 18.0 Å². The zero-order valence-electron chi connectivity index (χ0n) is 19.2. The Morgan fingerprint density at radius 3 is 2.53 bits per heavy atom. The van der Waals surface area contributed by atoms with Crippen molar-refractivity contribution in [3.8, 4) is 0 Å². The lowest BCUT2D eigenvalue weighted by atomic mass is 9.82. The molecule has 0 aromatic carbocycles. The van der Waals surface area contributed by atoms with Crippen molar-refractivity contribution in [2.75, 3.05) is 19.7 Å². The minimum Gasteiger partial charge on any atom is -0.465 e. The fraction of sp³-hybridized carbons (Fsp3) is 0.667. The molecule has 7 nitrogen and oxygen atoms in total. The highest BCUT2D eigenvalue weighted by molar-refractivity contribution is 7.18. The van der Waals surface area contributed by atoms with Crippen LogP contribution in [0.4, 0.5) is 0 Å². The molecule has 2 aliphatic rings. The van der Waals surface area contributed by atoms with Crippen molar-refractivity contribution in [3.05, 3.63) is 22.5 Å². The van der Waals surface area contributed by atoms with Gasteiger partial charge in [0.15, 0.2) is 5.92 Å². The number of aromatic nitrogens is 2. The number of aryl methyl sites for hydroxylation is 1. The third-order valence-corrected chi connectivity index (χ3v) is 7.98. The Labute approximate surface area is 193 Å². The molecule has 0 spiro atoms. The van der Waals surface area contributed by atoms with E-state index in [2.05, 4.69) is 23.0 Å². The van der Waals surface area contributed by atoms with Gasteiger partial charge in [0.25, 0.3) is 0 Å². The molecule has 0 radical (unpaired) electrons. The van der Waals surface area contributed by atoms with Gasteiger partial charge >= 0.3 is 5.97 Å². The molecule has 1 unspecified atom stereocenters. The number of fused-ring (bicyclic) bond motifs is 1. The predicted octanol–water partition coefficient (Wildman–Crippen LogP) is 3.92. The molecule has 3 heterocycles. The van der Waals surface area contributed by atoms with Crippen LogP contribution in [0.15, 0.2) is 6.07 Å². The van der Waals surface area contributed by atoms with Crippen LogP contribution in [0.2, 0.25) is 0 Å². The summed E-state index contributed by atoms with van der Waals surface area (Å²) < 4.78 is 5.32. The minimum absolute atomic E-state index is 0.198. The fourth-order valence-electron chi connectivity index (χ4n) is 4.86. The summed E-state index contributed by atoms with van der Waals surface area (Å²) in [5.41, 5.74) is 0.453. The van der Waals surface area contributed by atoms with Crippen LogP contribution in [-0.4, -0.2) is 57.7 Å². The van der Waals surface area contributed by atoms with Crippen LogP contribution in [0, 0.1) is 12.8 Å². The number of nitrogens with zero attached hydrogens (tertiary/aromatic N) is 3. The Hall–Kier alpha value is -2.06. The maximum Gasteiger partial charge on any atom is 0.324 e. The van der Waals surface area contributed by atoms with Gasteiger partial charge in [-0.2, -0.15) is 0 Å². The molecule has 8 heteroatoms. The van der Waals surface area contributed by atoms with Crippen molar-refractivity contribution in [2.24, 2.45) is 5.92 Å². The lowest BCUT2D eigenvalue weighted by molar-refractivity contribution is -0.152. The second-order valence-corrected chi connectivity index (χ2v) is 10.3. The standard InChI is InChI=1S/C24H33N3O4S/c1-4-31-24(30)20(23(29)27-11-9-17(28)10-12-27)21-18-13-19(16-7-5-14(2)6-8-16)32-22(18)26-15(3)25-21/h13-14,16-17,20,28H,4-12H2,1-3H3. The largest absolute Gasteiger partial charge is 0.465 e. The van der Waals surface area contributed by atoms with Gasteiger partial charge < -0.3 is 14.7 Å². The van der Waals surface area contributed by atoms with Crippen LogP contribution in [0.3, 0.4) is 0 Å². The van der Waals surface area contributed by atoms with E-state index in [4.69, 9.17) is 4.74 Å². The highest BCUT2D eigenvalue weighted by Gasteiger charge is 2.38. The first-order valence-corrected chi connectivity index (χ1v) is 12.6. The molecule has 1 aliphatic heterocycles. The quantitative estimate of drug-likeness (QED) is 0.538. The van der Waals surface area contributed by atoms with Crippen molar-refractivity contribution in [3.63, 3.8) is 0 Å². The molecule has 2 fully saturated rings. The van der Waals surface area contributed by atoms with E-state index in [-0.39, 0.29) is 12.5 Å². The lowest BCUT2D eigenvalue weighted by Gasteiger charge is -2.31. The molecular weight excluding hydrogens is 426 g/mol. The van der Waals surface area contributed by atoms with Crippen molar-refractivity contribution in [1.82, 2.24) is 14.9 Å². The Morgan fingerprint density at radius 2 is 1.88 bits per heavy atom. The van der Waals surface area contributed by atoms with Crippen molar-refractivity contribution in [2.45, 2.75) is 77.2 Å². The number of likely N-dealkylation sites (tertiary alicyclic amines) is 1. The van der Waals surface area contributed by atoms with Gasteiger partial charge in [0.1, 0.15) is 10.7 Å². The van der Waals surface area contributed by atoms with Crippen LogP contribution >= 0.6 is 11.3 Å². The van der Waals surface area contributed by atoms with Crippen LogP contribution in [0.5, 0.6) is 0 Å². The van der Waals surface area contributed by atoms with E-state index in [9.17, 15) is 14.7 Å². The summed E-state index contributed by atoms with van der Waals surface area (Å²) in [4.78, 5) is 39.5. The SMILES string of the molecule is CCOC(=O)C(C(=O)N1CCC(O)CC1)c1nc(C)nc2sc(C3CCC(C)CC3)cc12. The fourth-order valence-corrected chi connectivity index (χ4v) is 6.12. The average molecular weight is 460 g/mol. The molecule has 1 amide bonds. The van der Waals surface area contributed by atoms with Crippen molar-refractivity contribution in [1.29, 1.82) is 0 Å². The molecule has 32 heavy (non-hydrogen) atoms. The molecular formula is C24H33N3O4S. The number of carbonyl (C=O) groups is 2. The van der Waals surface area contributed by atoms with Gasteiger partial charge in [0.2, 0.25) is 5.91 Å². The molecule has 0 bridgehead atoms. The van der Waals surface area contributed by atoms with Crippen LogP contribution in [0.1, 0.15) is 80.6 Å². The zero-order chi connectivity index (χ0) is 22.8. The number of hydrogen-bond donors (Lipinski definition) is 1. The smallest absolute Gasteiger partial charge is 0.324 e. The third-order valence-electron chi connectivity index (χ3n) is 6.79. The number of amides is 1. The van der Waals surface area contributed by atoms with E-state index in [1.165, 1.54) is 17.7 Å². The second kappa shape index (κ2) is 9.83. The van der Waals surface area contributed by atoms with Crippen molar-refractivity contribution >= 4 is 33.4 Å². The number of thiophene rings is 1. The minimum atomic E-state index is -1.11. The summed E-state index contributed by atoms with van der Waals surface area (Å²) in [6.45, 7) is 6.91. The Morgan fingerprint density at radius 1 is 1.19 bits per heavy atom. The van der Waals surface area contributed by atoms with Gasteiger partial charge in [0, 0.05) is 23.4 Å². The Kier molecular flexibility index (Phi) is 7.10. The molecule has 1 saturated carbocycles.